The van der Waals surface area contributed by atoms with Crippen molar-refractivity contribution in [1.29, 1.82) is 0 Å². The van der Waals surface area contributed by atoms with Gasteiger partial charge in [0.25, 0.3) is 0 Å². The summed E-state index contributed by atoms with van der Waals surface area (Å²) in [5.41, 5.74) is -0.603. The molecule has 0 spiro atoms. The lowest BCUT2D eigenvalue weighted by Crippen LogP contribution is -2.09. The van der Waals surface area contributed by atoms with Crippen LogP contribution >= 0.6 is 11.6 Å². The molecule has 1 aromatic carbocycles. The van der Waals surface area contributed by atoms with E-state index in [1.807, 2.05) is 0 Å². The number of ether oxygens (including phenoxy) is 1. The molecule has 0 saturated carbocycles. The van der Waals surface area contributed by atoms with E-state index >= 15 is 0 Å². The molecular formula is C11H12ClF3O2. The van der Waals surface area contributed by atoms with Gasteiger partial charge in [-0.25, -0.2) is 0 Å². The number of alkyl halides is 3. The van der Waals surface area contributed by atoms with E-state index in [-0.39, 0.29) is 22.9 Å². The van der Waals surface area contributed by atoms with Crippen LogP contribution in [0.5, 0.6) is 5.75 Å². The van der Waals surface area contributed by atoms with Crippen molar-refractivity contribution in [2.45, 2.75) is 19.0 Å². The minimum absolute atomic E-state index is 0.113. The monoisotopic (exact) mass is 268 g/mol. The van der Waals surface area contributed by atoms with Crippen molar-refractivity contribution in [1.82, 2.24) is 0 Å². The summed E-state index contributed by atoms with van der Waals surface area (Å²) < 4.78 is 42.7. The highest BCUT2D eigenvalue weighted by Crippen LogP contribution is 2.39. The summed E-state index contributed by atoms with van der Waals surface area (Å²) in [6.07, 6.45) is -4.47. The fourth-order valence-electron chi connectivity index (χ4n) is 1.46. The van der Waals surface area contributed by atoms with Crippen LogP contribution in [0, 0.1) is 0 Å². The average Bonchev–Trinajstić information content (AvgIpc) is 2.25. The smallest absolute Gasteiger partial charge is 0.416 e. The fraction of sp³-hybridized carbons (Fsp3) is 0.455. The second-order valence-corrected chi connectivity index (χ2v) is 4.07. The Balaban J connectivity index is 3.39. The standard InChI is InChI=1S/C11H12ClF3O2/c1-6(5-16)8-3-7(11(13,14)15)4-9(12)10(8)17-2/h3-4,6,16H,5H2,1-2H3. The van der Waals surface area contributed by atoms with Gasteiger partial charge in [-0.15, -0.1) is 0 Å². The number of halogens is 4. The number of methoxy groups -OCH3 is 1. The summed E-state index contributed by atoms with van der Waals surface area (Å²) in [6, 6.07) is 1.76. The molecule has 1 atom stereocenters. The molecule has 1 rings (SSSR count). The van der Waals surface area contributed by atoms with Gasteiger partial charge in [0.05, 0.1) is 17.7 Å². The molecular weight excluding hydrogens is 257 g/mol. The first kappa shape index (κ1) is 14.1. The summed E-state index contributed by atoms with van der Waals surface area (Å²) in [5, 5.41) is 8.90. The number of aliphatic hydroxyl groups is 1. The molecule has 0 amide bonds. The van der Waals surface area contributed by atoms with Crippen LogP contribution in [0.25, 0.3) is 0 Å². The van der Waals surface area contributed by atoms with Crippen LogP contribution in [0.15, 0.2) is 12.1 Å². The third-order valence-electron chi connectivity index (χ3n) is 2.41. The summed E-state index contributed by atoms with van der Waals surface area (Å²) in [4.78, 5) is 0. The first-order valence-corrected chi connectivity index (χ1v) is 5.24. The third kappa shape index (κ3) is 3.04. The molecule has 2 nitrogen and oxygen atoms in total. The Morgan fingerprint density at radius 3 is 2.41 bits per heavy atom. The summed E-state index contributed by atoms with van der Waals surface area (Å²) in [5.74, 6) is -0.314. The number of hydrogen-bond donors (Lipinski definition) is 1. The maximum absolute atomic E-state index is 12.6. The zero-order valence-electron chi connectivity index (χ0n) is 9.31. The Hall–Kier alpha value is -0.940. The molecule has 96 valence electrons. The van der Waals surface area contributed by atoms with E-state index in [1.54, 1.807) is 6.92 Å². The van der Waals surface area contributed by atoms with Crippen molar-refractivity contribution in [3.05, 3.63) is 28.3 Å². The minimum Gasteiger partial charge on any atom is -0.495 e. The molecule has 6 heteroatoms. The van der Waals surface area contributed by atoms with Crippen LogP contribution in [-0.2, 0) is 6.18 Å². The first-order chi connectivity index (χ1) is 7.81. The fourth-order valence-corrected chi connectivity index (χ4v) is 1.76. The Morgan fingerprint density at radius 1 is 1.41 bits per heavy atom. The number of hydrogen-bond acceptors (Lipinski definition) is 2. The lowest BCUT2D eigenvalue weighted by Gasteiger charge is -2.17. The normalized spacial score (nSPS) is 13.6. The van der Waals surface area contributed by atoms with Crippen molar-refractivity contribution in [2.24, 2.45) is 0 Å². The van der Waals surface area contributed by atoms with Crippen LogP contribution < -0.4 is 4.74 Å². The highest BCUT2D eigenvalue weighted by Gasteiger charge is 2.32. The molecule has 1 N–H and O–H groups in total. The minimum atomic E-state index is -4.47. The summed E-state index contributed by atoms with van der Waals surface area (Å²) in [6.45, 7) is 1.31. The molecule has 1 aromatic rings. The average molecular weight is 269 g/mol. The van der Waals surface area contributed by atoms with Gasteiger partial charge < -0.3 is 9.84 Å². The van der Waals surface area contributed by atoms with Gasteiger partial charge in [-0.3, -0.25) is 0 Å². The SMILES string of the molecule is COc1c(Cl)cc(C(F)(F)F)cc1C(C)CO. The second kappa shape index (κ2) is 5.14. The van der Waals surface area contributed by atoms with Gasteiger partial charge in [0.15, 0.2) is 0 Å². The Labute approximate surface area is 102 Å². The van der Waals surface area contributed by atoms with Gasteiger partial charge in [-0.2, -0.15) is 13.2 Å². The van der Waals surface area contributed by atoms with Gasteiger partial charge in [0.1, 0.15) is 5.75 Å². The Morgan fingerprint density at radius 2 is 2.00 bits per heavy atom. The Bertz CT molecular complexity index is 404. The number of rotatable bonds is 3. The zero-order chi connectivity index (χ0) is 13.2. The van der Waals surface area contributed by atoms with Crippen LogP contribution in [-0.4, -0.2) is 18.8 Å². The predicted octanol–water partition coefficient (Wildman–Crippen LogP) is 3.46. The van der Waals surface area contributed by atoms with E-state index in [2.05, 4.69) is 0 Å². The quantitative estimate of drug-likeness (QED) is 0.910. The third-order valence-corrected chi connectivity index (χ3v) is 2.69. The molecule has 0 radical (unpaired) electrons. The highest BCUT2D eigenvalue weighted by atomic mass is 35.5. The highest BCUT2D eigenvalue weighted by molar-refractivity contribution is 6.32. The van der Waals surface area contributed by atoms with Gasteiger partial charge in [-0.05, 0) is 12.1 Å². The van der Waals surface area contributed by atoms with Gasteiger partial charge in [0.2, 0.25) is 0 Å². The molecule has 0 saturated heterocycles. The van der Waals surface area contributed by atoms with E-state index in [9.17, 15) is 13.2 Å². The number of aliphatic hydroxyl groups excluding tert-OH is 1. The topological polar surface area (TPSA) is 29.5 Å². The van der Waals surface area contributed by atoms with E-state index in [1.165, 1.54) is 7.11 Å². The number of benzene rings is 1. The molecule has 0 aromatic heterocycles. The van der Waals surface area contributed by atoms with E-state index in [4.69, 9.17) is 21.4 Å². The van der Waals surface area contributed by atoms with Crippen LogP contribution in [0.1, 0.15) is 24.0 Å². The van der Waals surface area contributed by atoms with Crippen molar-refractivity contribution < 1.29 is 23.0 Å². The molecule has 0 aliphatic rings. The zero-order valence-corrected chi connectivity index (χ0v) is 10.1. The largest absolute Gasteiger partial charge is 0.495 e. The first-order valence-electron chi connectivity index (χ1n) is 4.86. The van der Waals surface area contributed by atoms with Crippen molar-refractivity contribution >= 4 is 11.6 Å². The van der Waals surface area contributed by atoms with Gasteiger partial charge >= 0.3 is 6.18 Å². The predicted molar refractivity (Wildman–Crippen MR) is 58.5 cm³/mol. The molecule has 0 aliphatic heterocycles. The van der Waals surface area contributed by atoms with Crippen LogP contribution in [0.2, 0.25) is 5.02 Å². The van der Waals surface area contributed by atoms with Gasteiger partial charge in [-0.1, -0.05) is 18.5 Å². The van der Waals surface area contributed by atoms with E-state index in [0.717, 1.165) is 12.1 Å². The molecule has 1 unspecified atom stereocenters. The lowest BCUT2D eigenvalue weighted by molar-refractivity contribution is -0.137. The van der Waals surface area contributed by atoms with Crippen molar-refractivity contribution in [3.63, 3.8) is 0 Å². The van der Waals surface area contributed by atoms with Crippen molar-refractivity contribution in [3.8, 4) is 5.75 Å². The van der Waals surface area contributed by atoms with Gasteiger partial charge in [0, 0.05) is 18.1 Å². The molecule has 17 heavy (non-hydrogen) atoms. The maximum atomic E-state index is 12.6. The van der Waals surface area contributed by atoms with Crippen LogP contribution in [0.3, 0.4) is 0 Å². The van der Waals surface area contributed by atoms with Crippen molar-refractivity contribution in [2.75, 3.05) is 13.7 Å². The lowest BCUT2D eigenvalue weighted by atomic mass is 9.98. The molecule has 0 fully saturated rings. The van der Waals surface area contributed by atoms with E-state index < -0.39 is 17.7 Å². The van der Waals surface area contributed by atoms with Crippen LogP contribution in [0.4, 0.5) is 13.2 Å². The summed E-state index contributed by atoms with van der Waals surface area (Å²) in [7, 11) is 1.32. The molecule has 0 heterocycles. The molecule has 0 bridgehead atoms. The van der Waals surface area contributed by atoms with E-state index in [0.29, 0.717) is 0 Å². The second-order valence-electron chi connectivity index (χ2n) is 3.66. The Kier molecular flexibility index (Phi) is 4.27. The maximum Gasteiger partial charge on any atom is 0.416 e. The molecule has 0 aliphatic carbocycles. The summed E-state index contributed by atoms with van der Waals surface area (Å²) >= 11 is 5.74.